The minimum Gasteiger partial charge on any atom is -0.405 e. The number of hydrogen-bond donors (Lipinski definition) is 0. The Hall–Kier alpha value is -7.56. The molecule has 10 aromatic carbocycles. The van der Waals surface area contributed by atoms with Crippen LogP contribution in [0, 0.1) is 0 Å². The number of rotatable bonds is 10. The quantitative estimate of drug-likeness (QED) is 0.127. The molecule has 3 aliphatic heterocycles. The summed E-state index contributed by atoms with van der Waals surface area (Å²) in [4.78, 5) is 0. The second-order valence-corrected chi connectivity index (χ2v) is 26.6. The highest BCUT2D eigenvalue weighted by Gasteiger charge is 2.64. The maximum absolute atomic E-state index is 6.56. The summed E-state index contributed by atoms with van der Waals surface area (Å²) in [6, 6.07) is 89.7. The Labute approximate surface area is 528 Å². The summed E-state index contributed by atoms with van der Waals surface area (Å²) in [5.74, 6) is 0. The molecule has 0 saturated carbocycles. The molecule has 0 N–H and O–H groups in total. The Morgan fingerprint density at radius 1 is 0.216 bits per heavy atom. The summed E-state index contributed by atoms with van der Waals surface area (Å²) < 4.78 is 36.8. The van der Waals surface area contributed by atoms with Gasteiger partial charge in [-0.25, -0.2) is 0 Å². The number of halogens is 1. The molecular formula is C78H78B3ClO6. The van der Waals surface area contributed by atoms with Gasteiger partial charge in [0.25, 0.3) is 0 Å². The third-order valence-corrected chi connectivity index (χ3v) is 18.6. The fraction of sp³-hybridized carbons (Fsp3) is 0.231. The van der Waals surface area contributed by atoms with Crippen LogP contribution in [-0.4, -0.2) is 54.7 Å². The first kappa shape index (κ1) is 62.1. The summed E-state index contributed by atoms with van der Waals surface area (Å²) in [6.07, 6.45) is 0. The van der Waals surface area contributed by atoms with E-state index in [1.165, 1.54) is 44.5 Å². The largest absolute Gasteiger partial charge is 0.494 e. The van der Waals surface area contributed by atoms with Crippen molar-refractivity contribution >= 4 is 38.2 Å². The fourth-order valence-electron chi connectivity index (χ4n) is 11.1. The maximum atomic E-state index is 6.56. The van der Waals surface area contributed by atoms with Gasteiger partial charge < -0.3 is 27.9 Å². The smallest absolute Gasteiger partial charge is 0.405 e. The molecule has 0 bridgehead atoms. The van der Waals surface area contributed by atoms with Gasteiger partial charge in [0.15, 0.2) is 0 Å². The van der Waals surface area contributed by atoms with Crippen molar-refractivity contribution in [2.45, 2.75) is 117 Å². The summed E-state index contributed by atoms with van der Waals surface area (Å²) in [5, 5.41) is 0.739. The van der Waals surface area contributed by atoms with Gasteiger partial charge in [-0.15, -0.1) is 0 Å². The lowest BCUT2D eigenvalue weighted by molar-refractivity contribution is 0.00578. The van der Waals surface area contributed by atoms with E-state index in [2.05, 4.69) is 258 Å². The van der Waals surface area contributed by atoms with Gasteiger partial charge in [-0.3, -0.25) is 0 Å². The van der Waals surface area contributed by atoms with Crippen molar-refractivity contribution < 1.29 is 27.9 Å². The third kappa shape index (κ3) is 13.7. The van der Waals surface area contributed by atoms with Crippen LogP contribution < -0.4 is 5.46 Å². The van der Waals surface area contributed by atoms with Crippen LogP contribution in [0.4, 0.5) is 0 Å². The van der Waals surface area contributed by atoms with E-state index in [0.29, 0.717) is 0 Å². The molecule has 0 aliphatic carbocycles. The average molecular weight is 1180 g/mol. The molecule has 3 fully saturated rings. The molecule has 13 rings (SSSR count). The van der Waals surface area contributed by atoms with Gasteiger partial charge in [-0.1, -0.05) is 218 Å². The molecule has 0 amide bonds. The summed E-state index contributed by atoms with van der Waals surface area (Å²) in [5.41, 5.74) is 17.5. The van der Waals surface area contributed by atoms with Gasteiger partial charge in [0.05, 0.1) is 33.6 Å². The number of hydrogen-bond acceptors (Lipinski definition) is 6. The van der Waals surface area contributed by atoms with Crippen LogP contribution >= 0.6 is 11.6 Å². The van der Waals surface area contributed by atoms with Crippen LogP contribution in [0.15, 0.2) is 255 Å². The minimum absolute atomic E-state index is 0.360. The van der Waals surface area contributed by atoms with E-state index >= 15 is 0 Å². The molecule has 0 unspecified atom stereocenters. The monoisotopic (exact) mass is 1180 g/mol. The molecule has 3 saturated heterocycles. The first-order chi connectivity index (χ1) is 41.9. The Bertz CT molecular complexity index is 3750. The van der Waals surface area contributed by atoms with Gasteiger partial charge >= 0.3 is 21.1 Å². The number of benzene rings is 10. The normalized spacial score (nSPS) is 17.4. The van der Waals surface area contributed by atoms with Gasteiger partial charge in [-0.05, 0) is 226 Å². The Balaban J connectivity index is 0.000000146. The third-order valence-electron chi connectivity index (χ3n) is 18.4. The topological polar surface area (TPSA) is 55.4 Å². The van der Waals surface area contributed by atoms with E-state index in [0.717, 1.165) is 55.0 Å². The summed E-state index contributed by atoms with van der Waals surface area (Å²) in [6.45, 7) is 24.6. The lowest BCUT2D eigenvalue weighted by Gasteiger charge is -2.32. The molecule has 3 heterocycles. The summed E-state index contributed by atoms with van der Waals surface area (Å²) >= 11 is 6.56. The van der Waals surface area contributed by atoms with Crippen LogP contribution in [0.25, 0.3) is 89.0 Å². The van der Waals surface area contributed by atoms with E-state index < -0.39 is 32.3 Å². The molecule has 442 valence electrons. The van der Waals surface area contributed by atoms with Crippen LogP contribution in [0.5, 0.6) is 0 Å². The standard InChI is InChI=1S/C36H33BO2.C30H21Cl.C12H24B2O4/c1-35(2)36(3,4)39-37(38-35)34-24-32(30-19-11-17-28(21-30)26-13-7-5-8-14-26)23-33(25-34)31-20-12-18-29(22-31)27-15-9-6-10-16-27;31-30-20-28(26-15-7-13-24(17-26)22-9-3-1-4-10-22)19-29(21-30)27-16-8-14-25(18-27)23-11-5-2-6-12-23;1-9(2)10(3,4)16-13(15-9)14-17-11(5,6)12(7,8)18-14/h5-25H,1-4H3;1-21H;1-8H3. The van der Waals surface area contributed by atoms with Gasteiger partial charge in [0.1, 0.15) is 0 Å². The van der Waals surface area contributed by atoms with Crippen molar-refractivity contribution in [3.63, 3.8) is 0 Å². The highest BCUT2D eigenvalue weighted by molar-refractivity contribution is 7.11. The molecule has 0 spiro atoms. The minimum atomic E-state index is -0.476. The van der Waals surface area contributed by atoms with E-state index in [9.17, 15) is 0 Å². The van der Waals surface area contributed by atoms with Crippen molar-refractivity contribution in [3.05, 3.63) is 260 Å². The SMILES string of the molecule is CC1(C)OB(B2OC(C)(C)C(C)(C)O2)OC1(C)C.CC1(C)OB(c2cc(-c3cccc(-c4ccccc4)c3)cc(-c3cccc(-c4ccccc4)c3)c2)OC1(C)C.Clc1cc(-c2cccc(-c3ccccc3)c2)cc(-c2cccc(-c3ccccc3)c2)c1. The van der Waals surface area contributed by atoms with Crippen molar-refractivity contribution in [1.82, 2.24) is 0 Å². The van der Waals surface area contributed by atoms with E-state index in [1.54, 1.807) is 0 Å². The van der Waals surface area contributed by atoms with Crippen LogP contribution in [0.1, 0.15) is 83.1 Å². The zero-order chi connectivity index (χ0) is 62.1. The molecule has 0 aromatic heterocycles. The predicted octanol–water partition coefficient (Wildman–Crippen LogP) is 19.9. The lowest BCUT2D eigenvalue weighted by atomic mass is 9.49. The highest BCUT2D eigenvalue weighted by Crippen LogP contribution is 2.44. The zero-order valence-electron chi connectivity index (χ0n) is 52.8. The van der Waals surface area contributed by atoms with Crippen LogP contribution in [0.2, 0.25) is 5.02 Å². The van der Waals surface area contributed by atoms with Crippen molar-refractivity contribution in [2.24, 2.45) is 0 Å². The van der Waals surface area contributed by atoms with Gasteiger partial charge in [0.2, 0.25) is 0 Å². The second-order valence-electron chi connectivity index (χ2n) is 26.2. The molecule has 10 aromatic rings. The van der Waals surface area contributed by atoms with Crippen molar-refractivity contribution in [2.75, 3.05) is 0 Å². The molecule has 88 heavy (non-hydrogen) atoms. The van der Waals surface area contributed by atoms with E-state index in [1.807, 2.05) is 79.7 Å². The van der Waals surface area contributed by atoms with Gasteiger partial charge in [-0.2, -0.15) is 0 Å². The zero-order valence-corrected chi connectivity index (χ0v) is 53.6. The average Bonchev–Trinajstić information content (AvgIpc) is 3.35. The van der Waals surface area contributed by atoms with Crippen LogP contribution in [-0.2, 0) is 27.9 Å². The molecule has 10 heteroatoms. The Morgan fingerprint density at radius 2 is 0.409 bits per heavy atom. The molecule has 3 aliphatic rings. The molecule has 0 radical (unpaired) electrons. The molecule has 0 atom stereocenters. The first-order valence-electron chi connectivity index (χ1n) is 30.6. The van der Waals surface area contributed by atoms with Crippen LogP contribution in [0.3, 0.4) is 0 Å². The fourth-order valence-corrected chi connectivity index (χ4v) is 11.3. The van der Waals surface area contributed by atoms with Crippen molar-refractivity contribution in [1.29, 1.82) is 0 Å². The Morgan fingerprint density at radius 3 is 0.659 bits per heavy atom. The van der Waals surface area contributed by atoms with E-state index in [-0.39, 0.29) is 22.4 Å². The molecule has 6 nitrogen and oxygen atoms in total. The van der Waals surface area contributed by atoms with Crippen molar-refractivity contribution in [3.8, 4) is 89.0 Å². The van der Waals surface area contributed by atoms with E-state index in [4.69, 9.17) is 39.5 Å². The van der Waals surface area contributed by atoms with Gasteiger partial charge in [0, 0.05) is 5.02 Å². The molecular weight excluding hydrogens is 1100 g/mol. The predicted molar refractivity (Wildman–Crippen MR) is 369 cm³/mol. The second kappa shape index (κ2) is 25.1. The summed E-state index contributed by atoms with van der Waals surface area (Å²) in [7, 11) is -1.39. The maximum Gasteiger partial charge on any atom is 0.494 e. The Kier molecular flexibility index (Phi) is 17.7. The lowest BCUT2D eigenvalue weighted by Crippen LogP contribution is -2.41. The first-order valence-corrected chi connectivity index (χ1v) is 31.0. The highest BCUT2D eigenvalue weighted by atomic mass is 35.5.